The quantitative estimate of drug-likeness (QED) is 0.0581. The number of halogens is 6. The lowest BCUT2D eigenvalue weighted by molar-refractivity contribution is -0.269. The van der Waals surface area contributed by atoms with Crippen molar-refractivity contribution >= 4 is 50.6 Å². The molecule has 0 saturated heterocycles. The number of hydrogen-bond acceptors (Lipinski definition) is 10. The molecule has 0 amide bonds. The molecule has 0 spiro atoms. The topological polar surface area (TPSA) is 145 Å². The molecule has 5 rings (SSSR count). The Bertz CT molecular complexity index is 1450. The number of alkyl halides is 5. The number of hydrogen-bond donors (Lipinski definition) is 0. The van der Waals surface area contributed by atoms with Crippen molar-refractivity contribution in [2.24, 2.45) is 17.3 Å². The van der Waals surface area contributed by atoms with Crippen LogP contribution >= 0.6 is 22.6 Å². The first-order valence-electron chi connectivity index (χ1n) is 13.3. The van der Waals surface area contributed by atoms with Crippen molar-refractivity contribution in [3.63, 3.8) is 0 Å². The monoisotopic (exact) mass is 765 g/mol. The van der Waals surface area contributed by atoms with Gasteiger partial charge in [0.25, 0.3) is 6.10 Å². The molecule has 0 N–H and O–H groups in total. The zero-order valence-electron chi connectivity index (χ0n) is 23.1. The van der Waals surface area contributed by atoms with Crippen LogP contribution in [0, 0.1) is 20.8 Å². The molecule has 0 aromatic heterocycles. The molecule has 4 aliphatic rings. The van der Waals surface area contributed by atoms with Crippen molar-refractivity contribution in [3.05, 3.63) is 39.5 Å². The van der Waals surface area contributed by atoms with Crippen molar-refractivity contribution in [1.29, 1.82) is 0 Å². The average molecular weight is 765 g/mol. The standard InChI is InChI=1S/C27H28F5IO10S/c1-14(2)20(34)41-6-5-40-19-4-3-17(8-18(19)33)21(35)43-25-11-15-7-16(12-25)10-24(9-15,13-25)23(36)42-22(26(28,29)30)27(31,32)44(37,38)39/h3-4,8,15-16,22H,1,5-7,9-13H2,2H3,(H,37,38,39)/p-1. The summed E-state index contributed by atoms with van der Waals surface area (Å²) in [5.41, 5.74) is -2.74. The van der Waals surface area contributed by atoms with Gasteiger partial charge in [0.1, 0.15) is 24.6 Å². The average Bonchev–Trinajstić information content (AvgIpc) is 2.87. The summed E-state index contributed by atoms with van der Waals surface area (Å²) in [6.07, 6.45) is -9.84. The van der Waals surface area contributed by atoms with E-state index in [0.29, 0.717) is 15.7 Å². The SMILES string of the molecule is C=C(C)C(=O)OCCOc1ccc(C(=O)OC23CC4CC(C2)CC(C(=O)OC(C(F)(F)F)C(F)(F)S(=O)(=O)[O-])(C4)C3)cc1I. The van der Waals surface area contributed by atoms with Crippen LogP contribution in [0.3, 0.4) is 0 Å². The van der Waals surface area contributed by atoms with E-state index >= 15 is 0 Å². The van der Waals surface area contributed by atoms with Gasteiger partial charge in [0.05, 0.1) is 14.5 Å². The van der Waals surface area contributed by atoms with Crippen molar-refractivity contribution < 1.29 is 68.3 Å². The van der Waals surface area contributed by atoms with E-state index in [-0.39, 0.29) is 68.3 Å². The normalized spacial score (nSPS) is 26.9. The third-order valence-corrected chi connectivity index (χ3v) is 9.72. The van der Waals surface area contributed by atoms with Crippen LogP contribution < -0.4 is 4.74 Å². The summed E-state index contributed by atoms with van der Waals surface area (Å²) in [6.45, 7) is 4.93. The lowest BCUT2D eigenvalue weighted by Crippen LogP contribution is -2.61. The third-order valence-electron chi connectivity index (χ3n) is 8.00. The van der Waals surface area contributed by atoms with Gasteiger partial charge in [-0.2, -0.15) is 22.0 Å². The second kappa shape index (κ2) is 12.0. The van der Waals surface area contributed by atoms with Crippen molar-refractivity contribution in [2.75, 3.05) is 13.2 Å². The maximum absolute atomic E-state index is 14.1. The molecular weight excluding hydrogens is 738 g/mol. The zero-order chi connectivity index (χ0) is 32.9. The summed E-state index contributed by atoms with van der Waals surface area (Å²) >= 11 is 1.91. The maximum atomic E-state index is 14.1. The minimum Gasteiger partial charge on any atom is -0.743 e. The molecule has 244 valence electrons. The van der Waals surface area contributed by atoms with Gasteiger partial charge >= 0.3 is 29.3 Å². The van der Waals surface area contributed by atoms with Crippen LogP contribution in [0.1, 0.15) is 55.8 Å². The van der Waals surface area contributed by atoms with Crippen LogP contribution in [0.2, 0.25) is 0 Å². The summed E-state index contributed by atoms with van der Waals surface area (Å²) < 4.78 is 122. The Morgan fingerprint density at radius 3 is 2.23 bits per heavy atom. The molecule has 3 unspecified atom stereocenters. The summed E-state index contributed by atoms with van der Waals surface area (Å²) in [5.74, 6) is -3.33. The molecule has 4 fully saturated rings. The second-order valence-electron chi connectivity index (χ2n) is 11.6. The van der Waals surface area contributed by atoms with Crippen LogP contribution in [0.4, 0.5) is 22.0 Å². The van der Waals surface area contributed by atoms with E-state index in [9.17, 15) is 49.3 Å². The number of esters is 3. The highest BCUT2D eigenvalue weighted by Crippen LogP contribution is 2.63. The van der Waals surface area contributed by atoms with E-state index in [4.69, 9.17) is 14.2 Å². The molecule has 4 bridgehead atoms. The molecule has 4 aliphatic carbocycles. The predicted molar refractivity (Wildman–Crippen MR) is 146 cm³/mol. The highest BCUT2D eigenvalue weighted by molar-refractivity contribution is 14.1. The number of ether oxygens (including phenoxy) is 4. The van der Waals surface area contributed by atoms with Gasteiger partial charge in [-0.25, -0.2) is 18.0 Å². The van der Waals surface area contributed by atoms with Crippen LogP contribution in [-0.2, 0) is 33.9 Å². The number of rotatable bonds is 11. The summed E-state index contributed by atoms with van der Waals surface area (Å²) in [6, 6.07) is 4.35. The van der Waals surface area contributed by atoms with Crippen molar-refractivity contribution in [3.8, 4) is 5.75 Å². The minimum absolute atomic E-state index is 0.0186. The number of carbonyl (C=O) groups excluding carboxylic acids is 3. The first-order valence-corrected chi connectivity index (χ1v) is 15.8. The molecule has 1 aromatic carbocycles. The molecule has 44 heavy (non-hydrogen) atoms. The number of benzene rings is 1. The fourth-order valence-corrected chi connectivity index (χ4v) is 7.75. The lowest BCUT2D eigenvalue weighted by Gasteiger charge is -2.59. The van der Waals surface area contributed by atoms with Gasteiger partial charge in [0, 0.05) is 12.0 Å². The lowest BCUT2D eigenvalue weighted by atomic mass is 9.48. The van der Waals surface area contributed by atoms with Gasteiger partial charge in [-0.05, 0) is 91.7 Å². The Hall–Kier alpha value is -2.54. The Labute approximate surface area is 262 Å². The smallest absolute Gasteiger partial charge is 0.432 e. The summed E-state index contributed by atoms with van der Waals surface area (Å²) in [4.78, 5) is 37.8. The summed E-state index contributed by atoms with van der Waals surface area (Å²) in [5, 5.41) is -5.96. The predicted octanol–water partition coefficient (Wildman–Crippen LogP) is 4.90. The van der Waals surface area contributed by atoms with Crippen LogP contribution in [0.5, 0.6) is 5.75 Å². The van der Waals surface area contributed by atoms with Gasteiger partial charge in [-0.1, -0.05) is 6.58 Å². The van der Waals surface area contributed by atoms with Gasteiger partial charge in [-0.3, -0.25) is 4.79 Å². The molecule has 0 aliphatic heterocycles. The van der Waals surface area contributed by atoms with Gasteiger partial charge in [0.15, 0.2) is 10.1 Å². The van der Waals surface area contributed by atoms with E-state index in [0.717, 1.165) is 0 Å². The van der Waals surface area contributed by atoms with Crippen LogP contribution in [0.25, 0.3) is 0 Å². The first-order chi connectivity index (χ1) is 20.2. The van der Waals surface area contributed by atoms with Crippen LogP contribution in [-0.4, -0.2) is 67.2 Å². The molecular formula is C27H27F5IO10S-. The van der Waals surface area contributed by atoms with E-state index in [1.165, 1.54) is 25.1 Å². The van der Waals surface area contributed by atoms with Crippen molar-refractivity contribution in [1.82, 2.24) is 0 Å². The fourth-order valence-electron chi connectivity index (χ4n) is 6.64. The van der Waals surface area contributed by atoms with Gasteiger partial charge in [-0.15, -0.1) is 0 Å². The molecule has 0 radical (unpaired) electrons. The molecule has 4 saturated carbocycles. The van der Waals surface area contributed by atoms with E-state index in [1.807, 2.05) is 22.6 Å². The Morgan fingerprint density at radius 2 is 1.70 bits per heavy atom. The van der Waals surface area contributed by atoms with Gasteiger partial charge < -0.3 is 23.5 Å². The highest BCUT2D eigenvalue weighted by Gasteiger charge is 2.67. The summed E-state index contributed by atoms with van der Waals surface area (Å²) in [7, 11) is -6.85. The molecule has 17 heteroatoms. The molecule has 10 nitrogen and oxygen atoms in total. The Morgan fingerprint density at radius 1 is 1.09 bits per heavy atom. The second-order valence-corrected chi connectivity index (χ2v) is 14.2. The molecule has 3 atom stereocenters. The van der Waals surface area contributed by atoms with E-state index in [2.05, 4.69) is 11.3 Å². The van der Waals surface area contributed by atoms with E-state index < -0.39 is 56.6 Å². The van der Waals surface area contributed by atoms with Crippen LogP contribution in [0.15, 0.2) is 30.4 Å². The molecule has 1 aromatic rings. The highest BCUT2D eigenvalue weighted by atomic mass is 127. The first kappa shape index (κ1) is 34.3. The minimum atomic E-state index is -6.85. The molecule has 0 heterocycles. The Kier molecular flexibility index (Phi) is 9.36. The zero-order valence-corrected chi connectivity index (χ0v) is 26.1. The largest absolute Gasteiger partial charge is 0.743 e. The maximum Gasteiger partial charge on any atom is 0.432 e. The fraction of sp³-hybridized carbons (Fsp3) is 0.593. The van der Waals surface area contributed by atoms with E-state index in [1.54, 1.807) is 0 Å². The Balaban J connectivity index is 1.48. The van der Waals surface area contributed by atoms with Crippen molar-refractivity contribution in [2.45, 2.75) is 68.6 Å². The number of carbonyl (C=O) groups is 3. The van der Waals surface area contributed by atoms with Gasteiger partial charge in [0.2, 0.25) is 0 Å². The third kappa shape index (κ3) is 6.98.